The molecule has 0 bridgehead atoms. The first-order valence-electron chi connectivity index (χ1n) is 11.4. The zero-order valence-corrected chi connectivity index (χ0v) is 21.0. The molecule has 4 heterocycles. The van der Waals surface area contributed by atoms with Crippen LogP contribution in [0.15, 0.2) is 70.9 Å². The zero-order chi connectivity index (χ0) is 24.2. The number of aromatic nitrogens is 4. The summed E-state index contributed by atoms with van der Waals surface area (Å²) in [4.78, 5) is 8.48. The molecule has 6 rings (SSSR count). The van der Waals surface area contributed by atoms with E-state index in [1.165, 1.54) is 0 Å². The number of anilines is 1. The second-order valence-electron chi connectivity index (χ2n) is 8.81. The summed E-state index contributed by atoms with van der Waals surface area (Å²) < 4.78 is 30.4. The average molecular weight is 505 g/mol. The lowest BCUT2D eigenvalue weighted by Gasteiger charge is -2.39. The summed E-state index contributed by atoms with van der Waals surface area (Å²) >= 11 is 1.60. The Balaban J connectivity index is 1.41. The Morgan fingerprint density at radius 1 is 0.971 bits per heavy atom. The first kappa shape index (κ1) is 22.1. The molecule has 1 aliphatic rings. The molecule has 0 N–H and O–H groups in total. The number of para-hydroxylation sites is 1. The molecule has 1 atom stereocenters. The van der Waals surface area contributed by atoms with Crippen molar-refractivity contribution in [3.8, 4) is 10.7 Å². The van der Waals surface area contributed by atoms with Crippen LogP contribution in [-0.4, -0.2) is 58.0 Å². The molecule has 3 aromatic heterocycles. The van der Waals surface area contributed by atoms with Gasteiger partial charge >= 0.3 is 0 Å². The number of benzene rings is 2. The molecule has 8 nitrogen and oxygen atoms in total. The van der Waals surface area contributed by atoms with E-state index in [9.17, 15) is 8.42 Å². The lowest BCUT2D eigenvalue weighted by molar-refractivity contribution is 0.304. The third-order valence-corrected chi connectivity index (χ3v) is 9.34. The van der Waals surface area contributed by atoms with Crippen molar-refractivity contribution in [2.24, 2.45) is 0 Å². The minimum absolute atomic E-state index is 0.236. The molecule has 178 valence electrons. The number of piperazine rings is 1. The minimum atomic E-state index is -3.59. The molecule has 0 unspecified atom stereocenters. The van der Waals surface area contributed by atoms with Gasteiger partial charge in [-0.25, -0.2) is 17.8 Å². The molecule has 1 aliphatic heterocycles. The monoisotopic (exact) mass is 504 g/mol. The van der Waals surface area contributed by atoms with E-state index >= 15 is 0 Å². The number of sulfonamides is 1. The summed E-state index contributed by atoms with van der Waals surface area (Å²) in [6.45, 7) is 5.28. The van der Waals surface area contributed by atoms with E-state index < -0.39 is 10.0 Å². The Hall–Kier alpha value is -3.34. The predicted octanol–water partition coefficient (Wildman–Crippen LogP) is 4.21. The van der Waals surface area contributed by atoms with Gasteiger partial charge in [-0.15, -0.1) is 21.5 Å². The van der Waals surface area contributed by atoms with Crippen LogP contribution in [0.1, 0.15) is 12.5 Å². The van der Waals surface area contributed by atoms with Crippen LogP contribution < -0.4 is 4.90 Å². The number of nitrogens with zero attached hydrogens (tertiary/aromatic N) is 6. The van der Waals surface area contributed by atoms with Crippen LogP contribution in [0, 0.1) is 6.92 Å². The lowest BCUT2D eigenvalue weighted by Crippen LogP contribution is -2.54. The number of fused-ring (bicyclic) bond motifs is 3. The molecule has 5 aromatic rings. The highest BCUT2D eigenvalue weighted by Crippen LogP contribution is 2.32. The Kier molecular flexibility index (Phi) is 5.32. The van der Waals surface area contributed by atoms with E-state index in [4.69, 9.17) is 4.98 Å². The molecule has 0 saturated carbocycles. The molecule has 1 saturated heterocycles. The molecule has 0 aliphatic carbocycles. The molecule has 35 heavy (non-hydrogen) atoms. The highest BCUT2D eigenvalue weighted by Gasteiger charge is 2.35. The van der Waals surface area contributed by atoms with Gasteiger partial charge < -0.3 is 4.90 Å². The van der Waals surface area contributed by atoms with Crippen molar-refractivity contribution in [2.45, 2.75) is 24.8 Å². The molecule has 0 spiro atoms. The van der Waals surface area contributed by atoms with Crippen LogP contribution in [0.25, 0.3) is 27.3 Å². The fraction of sp³-hybridized carbons (Fsp3) is 0.240. The highest BCUT2D eigenvalue weighted by atomic mass is 32.2. The first-order chi connectivity index (χ1) is 16.9. The van der Waals surface area contributed by atoms with Crippen LogP contribution >= 0.6 is 11.3 Å². The fourth-order valence-corrected chi connectivity index (χ4v) is 6.98. The van der Waals surface area contributed by atoms with Crippen molar-refractivity contribution in [3.05, 3.63) is 71.6 Å². The second-order valence-corrected chi connectivity index (χ2v) is 11.7. The third kappa shape index (κ3) is 3.69. The summed E-state index contributed by atoms with van der Waals surface area (Å²) in [6, 6.07) is 18.7. The van der Waals surface area contributed by atoms with Crippen LogP contribution in [-0.2, 0) is 10.0 Å². The molecule has 10 heteroatoms. The predicted molar refractivity (Wildman–Crippen MR) is 138 cm³/mol. The normalized spacial score (nSPS) is 17.4. The van der Waals surface area contributed by atoms with Gasteiger partial charge in [0.2, 0.25) is 16.0 Å². The van der Waals surface area contributed by atoms with E-state index in [2.05, 4.69) is 15.1 Å². The number of hydrogen-bond donors (Lipinski definition) is 0. The topological polar surface area (TPSA) is 83.7 Å². The van der Waals surface area contributed by atoms with Gasteiger partial charge in [-0.2, -0.15) is 4.31 Å². The van der Waals surface area contributed by atoms with E-state index in [-0.39, 0.29) is 6.04 Å². The summed E-state index contributed by atoms with van der Waals surface area (Å²) in [6.07, 6.45) is 0. The lowest BCUT2D eigenvalue weighted by atomic mass is 10.2. The van der Waals surface area contributed by atoms with Crippen LogP contribution in [0.3, 0.4) is 0 Å². The number of aryl methyl sites for hydroxylation is 1. The summed E-state index contributed by atoms with van der Waals surface area (Å²) in [5, 5.41) is 12.0. The maximum absolute atomic E-state index is 13.4. The van der Waals surface area contributed by atoms with Crippen molar-refractivity contribution in [1.29, 1.82) is 0 Å². The number of thiophene rings is 1. The molecular formula is C25H24N6O2S2. The van der Waals surface area contributed by atoms with Crippen molar-refractivity contribution in [2.75, 3.05) is 24.5 Å². The van der Waals surface area contributed by atoms with Crippen LogP contribution in [0.5, 0.6) is 0 Å². The van der Waals surface area contributed by atoms with Gasteiger partial charge in [0.15, 0.2) is 11.5 Å². The van der Waals surface area contributed by atoms with E-state index in [0.717, 1.165) is 38.8 Å². The van der Waals surface area contributed by atoms with E-state index in [1.54, 1.807) is 27.8 Å². The van der Waals surface area contributed by atoms with Crippen LogP contribution in [0.4, 0.5) is 5.95 Å². The fourth-order valence-electron chi connectivity index (χ4n) is 4.67. The summed E-state index contributed by atoms with van der Waals surface area (Å²) in [5.41, 5.74) is 2.61. The Labute approximate surface area is 207 Å². The van der Waals surface area contributed by atoms with Gasteiger partial charge in [0, 0.05) is 31.1 Å². The maximum Gasteiger partial charge on any atom is 0.243 e. The second kappa shape index (κ2) is 8.40. The smallest absolute Gasteiger partial charge is 0.243 e. The standard InChI is InChI=1S/C25H24N6O2S2/c1-17-9-11-19(12-10-17)35(32,33)30-14-13-29(16-18(30)2)25-26-21-7-4-3-6-20(21)23-27-28-24(31(23)25)22-8-5-15-34-22/h3-12,15,18H,13-14,16H2,1-2H3/t18-/m1/s1. The largest absolute Gasteiger partial charge is 0.339 e. The van der Waals surface area contributed by atoms with Crippen molar-refractivity contribution in [3.63, 3.8) is 0 Å². The maximum atomic E-state index is 13.4. The molecule has 0 radical (unpaired) electrons. The van der Waals surface area contributed by atoms with Crippen molar-refractivity contribution in [1.82, 2.24) is 23.9 Å². The summed E-state index contributed by atoms with van der Waals surface area (Å²) in [5.74, 6) is 1.47. The Bertz CT molecular complexity index is 1630. The van der Waals surface area contributed by atoms with Crippen LogP contribution in [0.2, 0.25) is 0 Å². The van der Waals surface area contributed by atoms with Gasteiger partial charge in [0.05, 0.1) is 15.3 Å². The average Bonchev–Trinajstić information content (AvgIpc) is 3.54. The minimum Gasteiger partial charge on any atom is -0.339 e. The molecule has 1 fully saturated rings. The summed E-state index contributed by atoms with van der Waals surface area (Å²) in [7, 11) is -3.59. The van der Waals surface area contributed by atoms with Gasteiger partial charge in [0.25, 0.3) is 0 Å². The van der Waals surface area contributed by atoms with Gasteiger partial charge in [-0.1, -0.05) is 35.9 Å². The quantitative estimate of drug-likeness (QED) is 0.365. The Morgan fingerprint density at radius 2 is 1.77 bits per heavy atom. The molecule has 2 aromatic carbocycles. The first-order valence-corrected chi connectivity index (χ1v) is 13.8. The number of hydrogen-bond acceptors (Lipinski definition) is 7. The highest BCUT2D eigenvalue weighted by molar-refractivity contribution is 7.89. The third-order valence-electron chi connectivity index (χ3n) is 6.45. The molecular weight excluding hydrogens is 480 g/mol. The molecule has 0 amide bonds. The SMILES string of the molecule is Cc1ccc(S(=O)(=O)N2CCN(c3nc4ccccc4c4nnc(-c5cccs5)n34)C[C@H]2C)cc1. The zero-order valence-electron chi connectivity index (χ0n) is 19.4. The van der Waals surface area contributed by atoms with E-state index in [1.807, 2.05) is 72.2 Å². The number of rotatable bonds is 4. The van der Waals surface area contributed by atoms with E-state index in [0.29, 0.717) is 24.5 Å². The van der Waals surface area contributed by atoms with Gasteiger partial charge in [-0.05, 0) is 49.6 Å². The Morgan fingerprint density at radius 3 is 2.51 bits per heavy atom. The van der Waals surface area contributed by atoms with Crippen molar-refractivity contribution < 1.29 is 8.42 Å². The van der Waals surface area contributed by atoms with Gasteiger partial charge in [0.1, 0.15) is 0 Å². The van der Waals surface area contributed by atoms with Crippen molar-refractivity contribution >= 4 is 43.9 Å². The van der Waals surface area contributed by atoms with Gasteiger partial charge in [-0.3, -0.25) is 0 Å².